The number of carbonyl (C=O) groups excluding carboxylic acids is 1. The third-order valence-corrected chi connectivity index (χ3v) is 4.90. The van der Waals surface area contributed by atoms with Gasteiger partial charge < -0.3 is 19.3 Å². The molecule has 1 heterocycles. The molecule has 0 aromatic heterocycles. The number of benzene rings is 3. The van der Waals surface area contributed by atoms with Gasteiger partial charge in [-0.05, 0) is 36.4 Å². The van der Waals surface area contributed by atoms with Crippen LogP contribution in [0.2, 0.25) is 0 Å². The molecule has 0 radical (unpaired) electrons. The van der Waals surface area contributed by atoms with E-state index in [0.717, 1.165) is 18.8 Å². The molecule has 1 saturated heterocycles. The SMILES string of the molecule is O=C(COc1cccc(Oc2ccccc2)c1)N1CCN(c2ccccc2)CC1. The second kappa shape index (κ2) is 9.15. The topological polar surface area (TPSA) is 42.0 Å². The second-order valence-electron chi connectivity index (χ2n) is 6.88. The summed E-state index contributed by atoms with van der Waals surface area (Å²) in [4.78, 5) is 16.7. The van der Waals surface area contributed by atoms with Crippen molar-refractivity contribution in [3.8, 4) is 17.2 Å². The molecule has 148 valence electrons. The lowest BCUT2D eigenvalue weighted by Crippen LogP contribution is -2.50. The summed E-state index contributed by atoms with van der Waals surface area (Å²) in [5.41, 5.74) is 1.20. The molecule has 0 aliphatic carbocycles. The minimum absolute atomic E-state index is 0.00657. The van der Waals surface area contributed by atoms with Crippen LogP contribution in [0.15, 0.2) is 84.9 Å². The third kappa shape index (κ3) is 5.08. The standard InChI is InChI=1S/C24H24N2O3/c27-24(26-16-14-25(15-17-26)20-8-3-1-4-9-20)19-28-22-12-7-13-23(18-22)29-21-10-5-2-6-11-21/h1-13,18H,14-17,19H2. The van der Waals surface area contributed by atoms with Gasteiger partial charge >= 0.3 is 0 Å². The van der Waals surface area contributed by atoms with Gasteiger partial charge in [-0.3, -0.25) is 4.79 Å². The van der Waals surface area contributed by atoms with Crippen molar-refractivity contribution in [2.24, 2.45) is 0 Å². The van der Waals surface area contributed by atoms with Crippen LogP contribution >= 0.6 is 0 Å². The first kappa shape index (κ1) is 18.9. The number of ether oxygens (including phenoxy) is 2. The Morgan fingerprint density at radius 3 is 2.07 bits per heavy atom. The van der Waals surface area contributed by atoms with Crippen molar-refractivity contribution >= 4 is 11.6 Å². The molecule has 1 amide bonds. The average molecular weight is 388 g/mol. The van der Waals surface area contributed by atoms with Gasteiger partial charge in [0, 0.05) is 37.9 Å². The summed E-state index contributed by atoms with van der Waals surface area (Å²) in [5.74, 6) is 2.07. The van der Waals surface area contributed by atoms with Gasteiger partial charge in [-0.15, -0.1) is 0 Å². The van der Waals surface area contributed by atoms with Gasteiger partial charge in [-0.25, -0.2) is 0 Å². The van der Waals surface area contributed by atoms with Crippen LogP contribution in [0.1, 0.15) is 0 Å². The summed E-state index contributed by atoms with van der Waals surface area (Å²) < 4.78 is 11.5. The largest absolute Gasteiger partial charge is 0.484 e. The van der Waals surface area contributed by atoms with Gasteiger partial charge in [0.25, 0.3) is 5.91 Å². The highest BCUT2D eigenvalue weighted by atomic mass is 16.5. The molecule has 1 aliphatic heterocycles. The lowest BCUT2D eigenvalue weighted by molar-refractivity contribution is -0.133. The number of anilines is 1. The van der Waals surface area contributed by atoms with E-state index in [9.17, 15) is 4.79 Å². The molecule has 0 spiro atoms. The predicted octanol–water partition coefficient (Wildman–Crippen LogP) is 4.21. The van der Waals surface area contributed by atoms with Crippen LogP contribution < -0.4 is 14.4 Å². The smallest absolute Gasteiger partial charge is 0.260 e. The Hall–Kier alpha value is -3.47. The number of carbonyl (C=O) groups is 1. The van der Waals surface area contributed by atoms with Gasteiger partial charge in [0.15, 0.2) is 6.61 Å². The van der Waals surface area contributed by atoms with Crippen LogP contribution in [0.4, 0.5) is 5.69 Å². The van der Waals surface area contributed by atoms with Gasteiger partial charge in [0.2, 0.25) is 0 Å². The fourth-order valence-electron chi connectivity index (χ4n) is 3.34. The van der Waals surface area contributed by atoms with E-state index in [1.54, 1.807) is 6.07 Å². The molecule has 0 atom stereocenters. The van der Waals surface area contributed by atoms with E-state index in [1.807, 2.05) is 71.6 Å². The van der Waals surface area contributed by atoms with Gasteiger partial charge in [0.05, 0.1) is 0 Å². The van der Waals surface area contributed by atoms with Gasteiger partial charge in [-0.2, -0.15) is 0 Å². The second-order valence-corrected chi connectivity index (χ2v) is 6.88. The van der Waals surface area contributed by atoms with Crippen LogP contribution in [0.25, 0.3) is 0 Å². The molecule has 29 heavy (non-hydrogen) atoms. The summed E-state index contributed by atoms with van der Waals surface area (Å²) in [6, 6.07) is 27.2. The lowest BCUT2D eigenvalue weighted by atomic mass is 10.2. The van der Waals surface area contributed by atoms with Crippen molar-refractivity contribution in [3.05, 3.63) is 84.9 Å². The van der Waals surface area contributed by atoms with Crippen LogP contribution in [-0.4, -0.2) is 43.6 Å². The zero-order chi connectivity index (χ0) is 19.9. The highest BCUT2D eigenvalue weighted by Crippen LogP contribution is 2.25. The fourth-order valence-corrected chi connectivity index (χ4v) is 3.34. The Kier molecular flexibility index (Phi) is 5.95. The number of piperazine rings is 1. The van der Waals surface area contributed by atoms with Crippen molar-refractivity contribution in [1.82, 2.24) is 4.90 Å². The zero-order valence-corrected chi connectivity index (χ0v) is 16.2. The minimum atomic E-state index is 0.00657. The number of hydrogen-bond acceptors (Lipinski definition) is 4. The van der Waals surface area contributed by atoms with Crippen LogP contribution in [0, 0.1) is 0 Å². The fraction of sp³-hybridized carbons (Fsp3) is 0.208. The molecule has 4 rings (SSSR count). The summed E-state index contributed by atoms with van der Waals surface area (Å²) >= 11 is 0. The number of amides is 1. The first-order valence-corrected chi connectivity index (χ1v) is 9.81. The Morgan fingerprint density at radius 2 is 1.34 bits per heavy atom. The van der Waals surface area contributed by atoms with E-state index >= 15 is 0 Å². The molecule has 0 N–H and O–H groups in total. The number of hydrogen-bond donors (Lipinski definition) is 0. The maximum atomic E-state index is 12.5. The predicted molar refractivity (Wildman–Crippen MR) is 114 cm³/mol. The zero-order valence-electron chi connectivity index (χ0n) is 16.2. The number of para-hydroxylation sites is 2. The first-order valence-electron chi connectivity index (χ1n) is 9.81. The quantitative estimate of drug-likeness (QED) is 0.635. The van der Waals surface area contributed by atoms with Gasteiger partial charge in [-0.1, -0.05) is 42.5 Å². The first-order chi connectivity index (χ1) is 14.3. The lowest BCUT2D eigenvalue weighted by Gasteiger charge is -2.36. The highest BCUT2D eigenvalue weighted by Gasteiger charge is 2.21. The van der Waals surface area contributed by atoms with E-state index in [-0.39, 0.29) is 12.5 Å². The minimum Gasteiger partial charge on any atom is -0.484 e. The molecule has 0 bridgehead atoms. The van der Waals surface area contributed by atoms with Crippen molar-refractivity contribution in [1.29, 1.82) is 0 Å². The van der Waals surface area contributed by atoms with Crippen molar-refractivity contribution in [3.63, 3.8) is 0 Å². The molecule has 3 aromatic rings. The summed E-state index contributed by atoms with van der Waals surface area (Å²) in [6.45, 7) is 3.09. The Labute approximate surface area is 171 Å². The van der Waals surface area contributed by atoms with Crippen LogP contribution in [0.5, 0.6) is 17.2 Å². The molecule has 5 heteroatoms. The molecule has 0 saturated carbocycles. The van der Waals surface area contributed by atoms with E-state index in [0.29, 0.717) is 24.6 Å². The summed E-state index contributed by atoms with van der Waals surface area (Å²) in [7, 11) is 0. The Bertz CT molecular complexity index is 923. The van der Waals surface area contributed by atoms with Crippen LogP contribution in [0.3, 0.4) is 0 Å². The molecule has 3 aromatic carbocycles. The van der Waals surface area contributed by atoms with Crippen LogP contribution in [-0.2, 0) is 4.79 Å². The maximum Gasteiger partial charge on any atom is 0.260 e. The van der Waals surface area contributed by atoms with E-state index in [2.05, 4.69) is 17.0 Å². The molecular formula is C24H24N2O3. The molecule has 1 fully saturated rings. The summed E-state index contributed by atoms with van der Waals surface area (Å²) in [6.07, 6.45) is 0. The molecule has 1 aliphatic rings. The third-order valence-electron chi connectivity index (χ3n) is 4.90. The van der Waals surface area contributed by atoms with Crippen molar-refractivity contribution in [2.45, 2.75) is 0 Å². The van der Waals surface area contributed by atoms with E-state index < -0.39 is 0 Å². The molecule has 5 nitrogen and oxygen atoms in total. The number of rotatable bonds is 6. The maximum absolute atomic E-state index is 12.5. The Balaban J connectivity index is 1.27. The normalized spacial score (nSPS) is 13.8. The molecule has 0 unspecified atom stereocenters. The monoisotopic (exact) mass is 388 g/mol. The highest BCUT2D eigenvalue weighted by molar-refractivity contribution is 5.78. The van der Waals surface area contributed by atoms with E-state index in [1.165, 1.54) is 5.69 Å². The summed E-state index contributed by atoms with van der Waals surface area (Å²) in [5, 5.41) is 0. The average Bonchev–Trinajstić information content (AvgIpc) is 2.79. The van der Waals surface area contributed by atoms with Crippen molar-refractivity contribution in [2.75, 3.05) is 37.7 Å². The van der Waals surface area contributed by atoms with Gasteiger partial charge in [0.1, 0.15) is 17.2 Å². The van der Waals surface area contributed by atoms with Crippen molar-refractivity contribution < 1.29 is 14.3 Å². The molecular weight excluding hydrogens is 364 g/mol. The Morgan fingerprint density at radius 1 is 0.724 bits per heavy atom. The van der Waals surface area contributed by atoms with E-state index in [4.69, 9.17) is 9.47 Å². The number of nitrogens with zero attached hydrogens (tertiary/aromatic N) is 2.